The quantitative estimate of drug-likeness (QED) is 0.865. The van der Waals surface area contributed by atoms with E-state index in [-0.39, 0.29) is 5.91 Å². The van der Waals surface area contributed by atoms with Gasteiger partial charge in [0, 0.05) is 17.7 Å². The maximum Gasteiger partial charge on any atom is 0.230 e. The summed E-state index contributed by atoms with van der Waals surface area (Å²) in [6.45, 7) is 5.25. The van der Waals surface area contributed by atoms with Crippen LogP contribution in [-0.2, 0) is 4.79 Å². The molecular formula is C15H21F2N2O+. The van der Waals surface area contributed by atoms with Crippen LogP contribution in [0.15, 0.2) is 18.2 Å². The molecule has 0 spiro atoms. The molecule has 2 N–H and O–H groups in total. The standard InChI is InChI=1S/C15H20F2N2O/c1-11-3-2-7-19(10-11)8-6-15(20)18-12-4-5-13(16)14(17)9-12/h4-5,9,11H,2-3,6-8,10H2,1H3,(H,18,20)/p+1/t11-/m0/s1. The summed E-state index contributed by atoms with van der Waals surface area (Å²) < 4.78 is 25.8. The molecule has 1 unspecified atom stereocenters. The third-order valence-corrected chi connectivity index (χ3v) is 3.77. The Kier molecular flexibility index (Phi) is 5.06. The van der Waals surface area contributed by atoms with Crippen molar-refractivity contribution >= 4 is 11.6 Å². The van der Waals surface area contributed by atoms with Crippen molar-refractivity contribution in [2.45, 2.75) is 26.2 Å². The number of hydrogen-bond acceptors (Lipinski definition) is 1. The van der Waals surface area contributed by atoms with Gasteiger partial charge in [-0.05, 0) is 25.0 Å². The largest absolute Gasteiger partial charge is 0.334 e. The molecule has 0 bridgehead atoms. The number of quaternary nitrogens is 1. The zero-order valence-corrected chi connectivity index (χ0v) is 11.7. The van der Waals surface area contributed by atoms with Gasteiger partial charge in [-0.3, -0.25) is 4.79 Å². The maximum atomic E-state index is 13.0. The zero-order chi connectivity index (χ0) is 14.5. The lowest BCUT2D eigenvalue weighted by Crippen LogP contribution is -3.13. The van der Waals surface area contributed by atoms with Crippen LogP contribution in [0.2, 0.25) is 0 Å². The van der Waals surface area contributed by atoms with Gasteiger partial charge in [0.05, 0.1) is 26.1 Å². The lowest BCUT2D eigenvalue weighted by molar-refractivity contribution is -0.907. The molecule has 1 amide bonds. The average molecular weight is 283 g/mol. The van der Waals surface area contributed by atoms with Gasteiger partial charge in [0.2, 0.25) is 5.91 Å². The van der Waals surface area contributed by atoms with Crippen LogP contribution in [0.1, 0.15) is 26.2 Å². The Morgan fingerprint density at radius 1 is 1.40 bits per heavy atom. The van der Waals surface area contributed by atoms with E-state index in [4.69, 9.17) is 0 Å². The first-order valence-electron chi connectivity index (χ1n) is 7.13. The second-order valence-corrected chi connectivity index (χ2v) is 5.63. The molecular weight excluding hydrogens is 262 g/mol. The molecule has 110 valence electrons. The molecule has 2 atom stereocenters. The van der Waals surface area contributed by atoms with Crippen LogP contribution in [0.5, 0.6) is 0 Å². The van der Waals surface area contributed by atoms with E-state index in [1.165, 1.54) is 23.8 Å². The molecule has 1 fully saturated rings. The van der Waals surface area contributed by atoms with Gasteiger partial charge in [0.25, 0.3) is 0 Å². The van der Waals surface area contributed by atoms with Gasteiger partial charge in [0.1, 0.15) is 0 Å². The number of halogens is 2. The van der Waals surface area contributed by atoms with E-state index in [1.54, 1.807) is 0 Å². The molecule has 0 aromatic heterocycles. The molecule has 5 heteroatoms. The van der Waals surface area contributed by atoms with Crippen molar-refractivity contribution in [3.63, 3.8) is 0 Å². The van der Waals surface area contributed by atoms with E-state index in [0.29, 0.717) is 18.0 Å². The van der Waals surface area contributed by atoms with Gasteiger partial charge in [-0.2, -0.15) is 0 Å². The summed E-state index contributed by atoms with van der Waals surface area (Å²) in [5.74, 6) is -1.29. The normalized spacial score (nSPS) is 22.6. The molecule has 0 radical (unpaired) electrons. The predicted molar refractivity (Wildman–Crippen MR) is 73.6 cm³/mol. The van der Waals surface area contributed by atoms with Crippen LogP contribution in [0, 0.1) is 17.6 Å². The Morgan fingerprint density at radius 2 is 2.20 bits per heavy atom. The molecule has 1 heterocycles. The highest BCUT2D eigenvalue weighted by molar-refractivity contribution is 5.90. The first-order chi connectivity index (χ1) is 9.54. The molecule has 2 rings (SSSR count). The van der Waals surface area contributed by atoms with Gasteiger partial charge >= 0.3 is 0 Å². The second-order valence-electron chi connectivity index (χ2n) is 5.63. The fourth-order valence-corrected chi connectivity index (χ4v) is 2.71. The lowest BCUT2D eigenvalue weighted by Gasteiger charge is -2.27. The van der Waals surface area contributed by atoms with Crippen molar-refractivity contribution in [2.24, 2.45) is 5.92 Å². The third kappa shape index (κ3) is 4.27. The minimum Gasteiger partial charge on any atom is -0.334 e. The summed E-state index contributed by atoms with van der Waals surface area (Å²) in [7, 11) is 0. The van der Waals surface area contributed by atoms with Crippen molar-refractivity contribution in [1.29, 1.82) is 0 Å². The van der Waals surface area contributed by atoms with E-state index in [0.717, 1.165) is 31.8 Å². The molecule has 20 heavy (non-hydrogen) atoms. The van der Waals surface area contributed by atoms with Crippen molar-refractivity contribution in [2.75, 3.05) is 25.0 Å². The summed E-state index contributed by atoms with van der Waals surface area (Å²) in [6, 6.07) is 3.39. The topological polar surface area (TPSA) is 33.5 Å². The monoisotopic (exact) mass is 283 g/mol. The molecule has 1 aromatic rings. The number of nitrogens with one attached hydrogen (secondary N) is 2. The molecule has 3 nitrogen and oxygen atoms in total. The highest BCUT2D eigenvalue weighted by atomic mass is 19.2. The molecule has 1 aliphatic heterocycles. The van der Waals surface area contributed by atoms with E-state index < -0.39 is 11.6 Å². The summed E-state index contributed by atoms with van der Waals surface area (Å²) in [4.78, 5) is 13.2. The number of carbonyl (C=O) groups excluding carboxylic acids is 1. The molecule has 0 aliphatic carbocycles. The lowest BCUT2D eigenvalue weighted by atomic mass is 10.0. The SMILES string of the molecule is C[C@H]1CCC[NH+](CCC(=O)Nc2ccc(F)c(F)c2)C1. The second kappa shape index (κ2) is 6.79. The van der Waals surface area contributed by atoms with Crippen molar-refractivity contribution < 1.29 is 18.5 Å². The minimum absolute atomic E-state index is 0.151. The summed E-state index contributed by atoms with van der Waals surface area (Å²) in [6.07, 6.45) is 2.88. The summed E-state index contributed by atoms with van der Waals surface area (Å²) in [5.41, 5.74) is 0.302. The summed E-state index contributed by atoms with van der Waals surface area (Å²) >= 11 is 0. The Balaban J connectivity index is 1.78. The van der Waals surface area contributed by atoms with Gasteiger partial charge in [-0.15, -0.1) is 0 Å². The van der Waals surface area contributed by atoms with Crippen LogP contribution in [0.25, 0.3) is 0 Å². The van der Waals surface area contributed by atoms with Crippen LogP contribution in [0.3, 0.4) is 0 Å². The first-order valence-corrected chi connectivity index (χ1v) is 7.13. The van der Waals surface area contributed by atoms with Crippen molar-refractivity contribution in [3.8, 4) is 0 Å². The molecule has 1 aliphatic rings. The zero-order valence-electron chi connectivity index (χ0n) is 11.7. The number of anilines is 1. The number of amides is 1. The van der Waals surface area contributed by atoms with Crippen LogP contribution in [0.4, 0.5) is 14.5 Å². The van der Waals surface area contributed by atoms with Crippen LogP contribution >= 0.6 is 0 Å². The van der Waals surface area contributed by atoms with Gasteiger partial charge in [0.15, 0.2) is 11.6 Å². The number of likely N-dealkylation sites (tertiary alicyclic amines) is 1. The third-order valence-electron chi connectivity index (χ3n) is 3.77. The van der Waals surface area contributed by atoms with E-state index in [1.807, 2.05) is 0 Å². The predicted octanol–water partition coefficient (Wildman–Crippen LogP) is 1.61. The summed E-state index contributed by atoms with van der Waals surface area (Å²) in [5, 5.41) is 2.60. The molecule has 1 saturated heterocycles. The van der Waals surface area contributed by atoms with E-state index in [9.17, 15) is 13.6 Å². The Morgan fingerprint density at radius 3 is 2.90 bits per heavy atom. The fourth-order valence-electron chi connectivity index (χ4n) is 2.71. The maximum absolute atomic E-state index is 13.0. The number of piperidine rings is 1. The fraction of sp³-hybridized carbons (Fsp3) is 0.533. The number of benzene rings is 1. The van der Waals surface area contributed by atoms with Crippen molar-refractivity contribution in [3.05, 3.63) is 29.8 Å². The van der Waals surface area contributed by atoms with E-state index in [2.05, 4.69) is 12.2 Å². The average Bonchev–Trinajstić information content (AvgIpc) is 2.41. The van der Waals surface area contributed by atoms with Gasteiger partial charge in [-0.25, -0.2) is 8.78 Å². The highest BCUT2D eigenvalue weighted by Crippen LogP contribution is 2.13. The number of rotatable bonds is 4. The van der Waals surface area contributed by atoms with Gasteiger partial charge < -0.3 is 10.2 Å². The van der Waals surface area contributed by atoms with Gasteiger partial charge in [-0.1, -0.05) is 6.92 Å². The van der Waals surface area contributed by atoms with Crippen molar-refractivity contribution in [1.82, 2.24) is 0 Å². The van der Waals surface area contributed by atoms with E-state index >= 15 is 0 Å². The highest BCUT2D eigenvalue weighted by Gasteiger charge is 2.20. The first kappa shape index (κ1) is 14.9. The van der Waals surface area contributed by atoms with Crippen LogP contribution in [-0.4, -0.2) is 25.5 Å². The van der Waals surface area contributed by atoms with Crippen LogP contribution < -0.4 is 10.2 Å². The minimum atomic E-state index is -0.946. The number of hydrogen-bond donors (Lipinski definition) is 2. The smallest absolute Gasteiger partial charge is 0.230 e. The Bertz CT molecular complexity index is 479. The Labute approximate surface area is 118 Å². The molecule has 1 aromatic carbocycles. The number of carbonyl (C=O) groups is 1. The Hall–Kier alpha value is -1.49. The molecule has 0 saturated carbocycles.